The molecule has 0 saturated carbocycles. The molecule has 0 aliphatic heterocycles. The summed E-state index contributed by atoms with van der Waals surface area (Å²) in [6, 6.07) is 14.0. The zero-order valence-electron chi connectivity index (χ0n) is 14.4. The Kier molecular flexibility index (Phi) is 5.58. The van der Waals surface area contributed by atoms with Crippen molar-refractivity contribution in [1.82, 2.24) is 4.57 Å². The van der Waals surface area contributed by atoms with Gasteiger partial charge >= 0.3 is 5.97 Å². The molecule has 0 aliphatic carbocycles. The van der Waals surface area contributed by atoms with Gasteiger partial charge in [-0.05, 0) is 23.8 Å². The number of benzene rings is 2. The van der Waals surface area contributed by atoms with E-state index in [2.05, 4.69) is 0 Å². The standard InChI is InChI=1S/C20H19ClFNO2S/c1-12(2)26-19-15-10-14(22)8-9-16(15)23(17(19)11-18(24)25)20(21)13-6-4-3-5-7-13/h3-10,12,20H,11H2,1-2H3,(H,24,25). The van der Waals surface area contributed by atoms with E-state index in [1.54, 1.807) is 6.07 Å². The minimum atomic E-state index is -0.947. The van der Waals surface area contributed by atoms with Gasteiger partial charge in [0, 0.05) is 21.2 Å². The fourth-order valence-corrected chi connectivity index (χ4v) is 4.44. The Balaban J connectivity index is 2.30. The SMILES string of the molecule is CC(C)Sc1c(CC(=O)O)n(C(Cl)c2ccccc2)c2ccc(F)cc12. The highest BCUT2D eigenvalue weighted by molar-refractivity contribution is 8.00. The van der Waals surface area contributed by atoms with Crippen LogP contribution in [0, 0.1) is 5.82 Å². The van der Waals surface area contributed by atoms with E-state index < -0.39 is 11.5 Å². The summed E-state index contributed by atoms with van der Waals surface area (Å²) in [5.74, 6) is -1.30. The van der Waals surface area contributed by atoms with E-state index in [-0.39, 0.29) is 17.5 Å². The van der Waals surface area contributed by atoms with Crippen LogP contribution in [0.5, 0.6) is 0 Å². The number of halogens is 2. The molecule has 0 amide bonds. The normalized spacial score (nSPS) is 12.7. The van der Waals surface area contributed by atoms with Crippen molar-refractivity contribution < 1.29 is 14.3 Å². The van der Waals surface area contributed by atoms with Crippen LogP contribution in [0.25, 0.3) is 10.9 Å². The third-order valence-electron chi connectivity index (χ3n) is 3.99. The van der Waals surface area contributed by atoms with E-state index >= 15 is 0 Å². The van der Waals surface area contributed by atoms with Crippen LogP contribution < -0.4 is 0 Å². The van der Waals surface area contributed by atoms with Gasteiger partial charge in [-0.25, -0.2) is 4.39 Å². The minimum Gasteiger partial charge on any atom is -0.481 e. The maximum absolute atomic E-state index is 13.9. The Hall–Kier alpha value is -1.98. The van der Waals surface area contributed by atoms with Crippen molar-refractivity contribution in [3.05, 3.63) is 65.6 Å². The summed E-state index contributed by atoms with van der Waals surface area (Å²) in [5.41, 5.74) is 1.60. The fourth-order valence-electron chi connectivity index (χ4n) is 3.01. The maximum atomic E-state index is 13.9. The van der Waals surface area contributed by atoms with Crippen molar-refractivity contribution in [2.24, 2.45) is 0 Å². The molecule has 0 bridgehead atoms. The molecule has 136 valence electrons. The molecule has 3 aromatic rings. The lowest BCUT2D eigenvalue weighted by Gasteiger charge is -2.18. The number of hydrogen-bond acceptors (Lipinski definition) is 2. The van der Waals surface area contributed by atoms with Crippen LogP contribution in [-0.2, 0) is 11.2 Å². The molecule has 3 rings (SSSR count). The highest BCUT2D eigenvalue weighted by Gasteiger charge is 2.25. The summed E-state index contributed by atoms with van der Waals surface area (Å²) in [6.45, 7) is 4.04. The zero-order chi connectivity index (χ0) is 18.8. The van der Waals surface area contributed by atoms with Crippen LogP contribution in [0.3, 0.4) is 0 Å². The highest BCUT2D eigenvalue weighted by Crippen LogP contribution is 2.41. The first-order valence-corrected chi connectivity index (χ1v) is 9.60. The highest BCUT2D eigenvalue weighted by atomic mass is 35.5. The third-order valence-corrected chi connectivity index (χ3v) is 5.60. The smallest absolute Gasteiger partial charge is 0.309 e. The van der Waals surface area contributed by atoms with Gasteiger partial charge in [-0.3, -0.25) is 4.79 Å². The van der Waals surface area contributed by atoms with E-state index in [0.29, 0.717) is 11.1 Å². The number of nitrogens with zero attached hydrogens (tertiary/aromatic N) is 1. The molecule has 1 unspecified atom stereocenters. The lowest BCUT2D eigenvalue weighted by Crippen LogP contribution is -2.12. The first-order valence-electron chi connectivity index (χ1n) is 8.28. The Morgan fingerprint density at radius 1 is 1.23 bits per heavy atom. The Labute approximate surface area is 160 Å². The van der Waals surface area contributed by atoms with Crippen LogP contribution in [-0.4, -0.2) is 20.9 Å². The van der Waals surface area contributed by atoms with E-state index in [9.17, 15) is 14.3 Å². The van der Waals surface area contributed by atoms with Gasteiger partial charge in [0.2, 0.25) is 0 Å². The van der Waals surface area contributed by atoms with E-state index in [1.807, 2.05) is 48.7 Å². The van der Waals surface area contributed by atoms with E-state index in [0.717, 1.165) is 16.0 Å². The molecule has 0 fully saturated rings. The summed E-state index contributed by atoms with van der Waals surface area (Å²) < 4.78 is 15.7. The van der Waals surface area contributed by atoms with Gasteiger partial charge in [-0.15, -0.1) is 11.8 Å². The number of aliphatic carboxylic acids is 1. The number of hydrogen-bond donors (Lipinski definition) is 1. The molecule has 26 heavy (non-hydrogen) atoms. The number of thioether (sulfide) groups is 1. The monoisotopic (exact) mass is 391 g/mol. The van der Waals surface area contributed by atoms with Gasteiger partial charge in [-0.2, -0.15) is 0 Å². The van der Waals surface area contributed by atoms with Gasteiger partial charge in [0.25, 0.3) is 0 Å². The maximum Gasteiger partial charge on any atom is 0.309 e. The molecule has 1 N–H and O–H groups in total. The summed E-state index contributed by atoms with van der Waals surface area (Å²) >= 11 is 8.29. The molecule has 1 aromatic heterocycles. The van der Waals surface area contributed by atoms with Gasteiger partial charge < -0.3 is 9.67 Å². The Bertz CT molecular complexity index is 940. The average Bonchev–Trinajstić information content (AvgIpc) is 2.87. The summed E-state index contributed by atoms with van der Waals surface area (Å²) in [7, 11) is 0. The van der Waals surface area contributed by atoms with Crippen LogP contribution >= 0.6 is 23.4 Å². The van der Waals surface area contributed by atoms with Gasteiger partial charge in [0.05, 0.1) is 11.9 Å². The summed E-state index contributed by atoms with van der Waals surface area (Å²) in [4.78, 5) is 12.3. The van der Waals surface area contributed by atoms with Gasteiger partial charge in [0.1, 0.15) is 11.3 Å². The van der Waals surface area contributed by atoms with Crippen molar-refractivity contribution in [2.75, 3.05) is 0 Å². The van der Waals surface area contributed by atoms with Gasteiger partial charge in [-0.1, -0.05) is 55.8 Å². The first-order chi connectivity index (χ1) is 12.4. The van der Waals surface area contributed by atoms with Crippen molar-refractivity contribution in [3.8, 4) is 0 Å². The lowest BCUT2D eigenvalue weighted by molar-refractivity contribution is -0.136. The molecule has 0 spiro atoms. The van der Waals surface area contributed by atoms with Crippen LogP contribution in [0.2, 0.25) is 0 Å². The molecule has 2 aromatic carbocycles. The number of carboxylic acid groups (broad SMARTS) is 1. The molecular weight excluding hydrogens is 373 g/mol. The van der Waals surface area contributed by atoms with E-state index in [1.165, 1.54) is 23.9 Å². The largest absolute Gasteiger partial charge is 0.481 e. The average molecular weight is 392 g/mol. The number of fused-ring (bicyclic) bond motifs is 1. The second kappa shape index (κ2) is 7.72. The van der Waals surface area contributed by atoms with Crippen molar-refractivity contribution in [3.63, 3.8) is 0 Å². The number of rotatable bonds is 6. The second-order valence-corrected chi connectivity index (χ2v) is 8.29. The second-order valence-electron chi connectivity index (χ2n) is 6.29. The molecule has 6 heteroatoms. The van der Waals surface area contributed by atoms with Crippen molar-refractivity contribution >= 4 is 40.2 Å². The molecule has 1 atom stereocenters. The number of alkyl halides is 1. The number of aromatic nitrogens is 1. The molecule has 0 radical (unpaired) electrons. The molecule has 1 heterocycles. The van der Waals surface area contributed by atoms with Crippen LogP contribution in [0.4, 0.5) is 4.39 Å². The third kappa shape index (κ3) is 3.74. The Morgan fingerprint density at radius 3 is 2.54 bits per heavy atom. The Morgan fingerprint density at radius 2 is 1.92 bits per heavy atom. The molecule has 0 aliphatic rings. The summed E-state index contributed by atoms with van der Waals surface area (Å²) in [5, 5.41) is 10.4. The predicted octanol–water partition coefficient (Wildman–Crippen LogP) is 5.69. The first kappa shape index (κ1) is 18.8. The van der Waals surface area contributed by atoms with Crippen LogP contribution in [0.15, 0.2) is 53.4 Å². The molecule has 3 nitrogen and oxygen atoms in total. The lowest BCUT2D eigenvalue weighted by atomic mass is 10.2. The van der Waals surface area contributed by atoms with Crippen molar-refractivity contribution in [2.45, 2.75) is 35.9 Å². The van der Waals surface area contributed by atoms with Crippen LogP contribution in [0.1, 0.15) is 30.6 Å². The minimum absolute atomic E-state index is 0.179. The quantitative estimate of drug-likeness (QED) is 0.433. The van der Waals surface area contributed by atoms with Crippen molar-refractivity contribution in [1.29, 1.82) is 0 Å². The number of carbonyl (C=O) groups is 1. The number of carboxylic acids is 1. The summed E-state index contributed by atoms with van der Waals surface area (Å²) in [6.07, 6.45) is -0.179. The molecule has 0 saturated heterocycles. The van der Waals surface area contributed by atoms with Gasteiger partial charge in [0.15, 0.2) is 0 Å². The molecular formula is C20H19ClFNO2S. The topological polar surface area (TPSA) is 42.2 Å². The van der Waals surface area contributed by atoms with E-state index in [4.69, 9.17) is 11.6 Å². The fraction of sp³-hybridized carbons (Fsp3) is 0.250. The predicted molar refractivity (Wildman–Crippen MR) is 105 cm³/mol. The zero-order valence-corrected chi connectivity index (χ0v) is 16.0.